The van der Waals surface area contributed by atoms with E-state index in [9.17, 15) is 8.42 Å². The Labute approximate surface area is 149 Å². The van der Waals surface area contributed by atoms with Crippen molar-refractivity contribution in [2.75, 3.05) is 20.3 Å². The van der Waals surface area contributed by atoms with Crippen LogP contribution in [0.25, 0.3) is 0 Å². The lowest BCUT2D eigenvalue weighted by atomic mass is 10.1. The number of nitrogens with one attached hydrogen (secondary N) is 1. The fourth-order valence-corrected chi connectivity index (χ4v) is 4.18. The van der Waals surface area contributed by atoms with E-state index >= 15 is 0 Å². The van der Waals surface area contributed by atoms with E-state index in [-0.39, 0.29) is 18.0 Å². The summed E-state index contributed by atoms with van der Waals surface area (Å²) in [6, 6.07) is 10.9. The lowest BCUT2D eigenvalue weighted by Crippen LogP contribution is -2.28. The summed E-state index contributed by atoms with van der Waals surface area (Å²) in [6.45, 7) is 2.31. The molecule has 134 valence electrons. The Hall–Kier alpha value is -2.05. The van der Waals surface area contributed by atoms with Gasteiger partial charge in [-0.15, -0.1) is 0 Å². The number of sulfonamides is 1. The summed E-state index contributed by atoms with van der Waals surface area (Å²) in [5, 5.41) is 0. The van der Waals surface area contributed by atoms with E-state index in [1.54, 1.807) is 19.2 Å². The average Bonchev–Trinajstić information content (AvgIpc) is 3.06. The van der Waals surface area contributed by atoms with Crippen molar-refractivity contribution in [3.8, 4) is 11.5 Å². The van der Waals surface area contributed by atoms with Gasteiger partial charge in [0.05, 0.1) is 12.0 Å². The molecule has 0 atom stereocenters. The molecule has 0 saturated carbocycles. The van der Waals surface area contributed by atoms with Crippen molar-refractivity contribution >= 4 is 10.0 Å². The topological polar surface area (TPSA) is 64.6 Å². The molecule has 0 amide bonds. The van der Waals surface area contributed by atoms with Crippen LogP contribution in [0.1, 0.15) is 23.1 Å². The molecule has 2 aromatic rings. The highest BCUT2D eigenvalue weighted by molar-refractivity contribution is 7.89. The van der Waals surface area contributed by atoms with Gasteiger partial charge in [-0.2, -0.15) is 0 Å². The normalized spacial score (nSPS) is 13.5. The molecule has 1 aliphatic rings. The number of fused-ring (bicyclic) bond motifs is 1. The second-order valence-corrected chi connectivity index (χ2v) is 7.93. The van der Waals surface area contributed by atoms with Crippen molar-refractivity contribution in [3.05, 3.63) is 53.1 Å². The Morgan fingerprint density at radius 1 is 1.08 bits per heavy atom. The molecule has 0 spiro atoms. The van der Waals surface area contributed by atoms with Crippen LogP contribution in [-0.4, -0.2) is 28.7 Å². The van der Waals surface area contributed by atoms with Crippen LogP contribution in [0, 0.1) is 6.92 Å². The van der Waals surface area contributed by atoms with E-state index in [1.165, 1.54) is 23.6 Å². The zero-order chi connectivity index (χ0) is 17.9. The Balaban J connectivity index is 1.55. The van der Waals surface area contributed by atoms with Gasteiger partial charge < -0.3 is 9.47 Å². The smallest absolute Gasteiger partial charge is 0.240 e. The van der Waals surface area contributed by atoms with Gasteiger partial charge in [0.2, 0.25) is 10.0 Å². The first-order chi connectivity index (χ1) is 12.0. The monoisotopic (exact) mass is 361 g/mol. The van der Waals surface area contributed by atoms with Crippen molar-refractivity contribution in [1.29, 1.82) is 0 Å². The van der Waals surface area contributed by atoms with E-state index in [2.05, 4.69) is 16.9 Å². The second-order valence-electron chi connectivity index (χ2n) is 6.16. The molecule has 0 fully saturated rings. The predicted octanol–water partition coefficient (Wildman–Crippen LogP) is 2.85. The fourth-order valence-electron chi connectivity index (χ4n) is 3.08. The zero-order valence-corrected chi connectivity index (χ0v) is 15.4. The lowest BCUT2D eigenvalue weighted by molar-refractivity contribution is 0.322. The average molecular weight is 361 g/mol. The van der Waals surface area contributed by atoms with Gasteiger partial charge in [0.15, 0.2) is 0 Å². The summed E-state index contributed by atoms with van der Waals surface area (Å²) in [6.07, 6.45) is 3.42. The van der Waals surface area contributed by atoms with Crippen LogP contribution in [0.4, 0.5) is 0 Å². The zero-order valence-electron chi connectivity index (χ0n) is 14.5. The van der Waals surface area contributed by atoms with Gasteiger partial charge in [-0.25, -0.2) is 13.1 Å². The second kappa shape index (κ2) is 7.45. The number of rotatable bonds is 7. The molecule has 0 bridgehead atoms. The number of ether oxygens (including phenoxy) is 2. The van der Waals surface area contributed by atoms with Crippen molar-refractivity contribution < 1.29 is 17.9 Å². The Morgan fingerprint density at radius 3 is 2.64 bits per heavy atom. The van der Waals surface area contributed by atoms with Gasteiger partial charge in [-0.05, 0) is 73.2 Å². The lowest BCUT2D eigenvalue weighted by Gasteiger charge is -2.11. The highest BCUT2D eigenvalue weighted by Crippen LogP contribution is 2.26. The summed E-state index contributed by atoms with van der Waals surface area (Å²) in [5.74, 6) is 1.46. The van der Waals surface area contributed by atoms with Crippen LogP contribution in [0.2, 0.25) is 0 Å². The van der Waals surface area contributed by atoms with Crippen LogP contribution < -0.4 is 14.2 Å². The first-order valence-corrected chi connectivity index (χ1v) is 9.87. The number of hydrogen-bond acceptors (Lipinski definition) is 4. The van der Waals surface area contributed by atoms with E-state index in [4.69, 9.17) is 9.47 Å². The van der Waals surface area contributed by atoms with E-state index < -0.39 is 10.0 Å². The summed E-state index contributed by atoms with van der Waals surface area (Å²) < 4.78 is 38.1. The predicted molar refractivity (Wildman–Crippen MR) is 96.9 cm³/mol. The number of aryl methyl sites for hydroxylation is 3. The van der Waals surface area contributed by atoms with Gasteiger partial charge in [0.25, 0.3) is 0 Å². The molecule has 0 unspecified atom stereocenters. The van der Waals surface area contributed by atoms with Crippen molar-refractivity contribution in [2.24, 2.45) is 0 Å². The molecule has 1 N–H and O–H groups in total. The molecule has 1 aliphatic carbocycles. The van der Waals surface area contributed by atoms with Crippen LogP contribution in [0.15, 0.2) is 41.3 Å². The summed E-state index contributed by atoms with van der Waals surface area (Å²) in [7, 11) is -2.00. The molecule has 0 saturated heterocycles. The van der Waals surface area contributed by atoms with E-state index in [1.807, 2.05) is 13.0 Å². The van der Waals surface area contributed by atoms with E-state index in [0.29, 0.717) is 5.75 Å². The van der Waals surface area contributed by atoms with Gasteiger partial charge in [-0.3, -0.25) is 0 Å². The van der Waals surface area contributed by atoms with Gasteiger partial charge in [0.1, 0.15) is 18.1 Å². The number of hydrogen-bond donors (Lipinski definition) is 1. The molecule has 2 aromatic carbocycles. The Kier molecular flexibility index (Phi) is 5.30. The first-order valence-electron chi connectivity index (χ1n) is 8.38. The van der Waals surface area contributed by atoms with Crippen LogP contribution >= 0.6 is 0 Å². The van der Waals surface area contributed by atoms with Crippen LogP contribution in [0.3, 0.4) is 0 Å². The van der Waals surface area contributed by atoms with Crippen LogP contribution in [0.5, 0.6) is 11.5 Å². The Morgan fingerprint density at radius 2 is 1.88 bits per heavy atom. The minimum Gasteiger partial charge on any atom is -0.496 e. The molecule has 0 heterocycles. The number of methoxy groups -OCH3 is 1. The minimum atomic E-state index is -3.56. The molecular formula is C19H23NO4S. The SMILES string of the molecule is COc1ccc(S(=O)(=O)NCCOc2ccc3c(c2)CCC3)cc1C. The summed E-state index contributed by atoms with van der Waals surface area (Å²) in [5.41, 5.74) is 3.51. The number of benzene rings is 2. The van der Waals surface area contributed by atoms with Crippen molar-refractivity contribution in [2.45, 2.75) is 31.1 Å². The molecule has 0 radical (unpaired) electrons. The van der Waals surface area contributed by atoms with Crippen molar-refractivity contribution in [1.82, 2.24) is 4.72 Å². The fraction of sp³-hybridized carbons (Fsp3) is 0.368. The maximum absolute atomic E-state index is 12.3. The third kappa shape index (κ3) is 4.14. The molecule has 0 aliphatic heterocycles. The standard InChI is InChI=1S/C19H23NO4S/c1-14-12-18(8-9-19(14)23-2)25(21,22)20-10-11-24-17-7-6-15-4-3-5-16(15)13-17/h6-9,12-13,20H,3-5,10-11H2,1-2H3. The molecule has 0 aromatic heterocycles. The quantitative estimate of drug-likeness (QED) is 0.770. The van der Waals surface area contributed by atoms with Crippen LogP contribution in [-0.2, 0) is 22.9 Å². The maximum Gasteiger partial charge on any atom is 0.240 e. The highest BCUT2D eigenvalue weighted by atomic mass is 32.2. The Bertz CT molecular complexity index is 862. The molecule has 3 rings (SSSR count). The van der Waals surface area contributed by atoms with Crippen molar-refractivity contribution in [3.63, 3.8) is 0 Å². The molecule has 5 nitrogen and oxygen atoms in total. The third-order valence-electron chi connectivity index (χ3n) is 4.41. The van der Waals surface area contributed by atoms with Gasteiger partial charge in [-0.1, -0.05) is 6.07 Å². The van der Waals surface area contributed by atoms with E-state index in [0.717, 1.165) is 24.2 Å². The maximum atomic E-state index is 12.3. The minimum absolute atomic E-state index is 0.213. The molecular weight excluding hydrogens is 338 g/mol. The first kappa shape index (κ1) is 17.8. The van der Waals surface area contributed by atoms with Gasteiger partial charge >= 0.3 is 0 Å². The molecule has 25 heavy (non-hydrogen) atoms. The molecule has 6 heteroatoms. The highest BCUT2D eigenvalue weighted by Gasteiger charge is 2.15. The summed E-state index contributed by atoms with van der Waals surface area (Å²) >= 11 is 0. The third-order valence-corrected chi connectivity index (χ3v) is 5.87. The summed E-state index contributed by atoms with van der Waals surface area (Å²) in [4.78, 5) is 0.225. The largest absolute Gasteiger partial charge is 0.496 e. The van der Waals surface area contributed by atoms with Gasteiger partial charge in [0, 0.05) is 6.54 Å².